The Labute approximate surface area is 76.9 Å². The molecule has 0 atom stereocenters. The van der Waals surface area contributed by atoms with Gasteiger partial charge in [0.05, 0.1) is 6.26 Å². The van der Waals surface area contributed by atoms with Gasteiger partial charge in [0.1, 0.15) is 5.58 Å². The number of benzene rings is 1. The maximum absolute atomic E-state index is 13.1. The summed E-state index contributed by atoms with van der Waals surface area (Å²) in [5, 5.41) is 0.504. The van der Waals surface area contributed by atoms with E-state index in [2.05, 4.69) is 4.74 Å². The van der Waals surface area contributed by atoms with E-state index in [1.807, 2.05) is 0 Å². The number of hydrogen-bond acceptors (Lipinski definition) is 2. The second-order valence-electron chi connectivity index (χ2n) is 2.62. The first kappa shape index (κ1) is 8.93. The molecule has 2 nitrogen and oxygen atoms in total. The minimum absolute atomic E-state index is 0.307. The molecule has 2 rings (SSSR count). The number of fused-ring (bicyclic) bond motifs is 1. The van der Waals surface area contributed by atoms with Crippen LogP contribution in [0.4, 0.5) is 13.2 Å². The third kappa shape index (κ3) is 1.53. The van der Waals surface area contributed by atoms with Crippen LogP contribution < -0.4 is 4.74 Å². The fourth-order valence-electron chi connectivity index (χ4n) is 1.15. The predicted molar refractivity (Wildman–Crippen MR) is 42.8 cm³/mol. The first-order valence-electron chi connectivity index (χ1n) is 3.78. The summed E-state index contributed by atoms with van der Waals surface area (Å²) in [6, 6.07) is 3.71. The molecule has 1 aromatic carbocycles. The van der Waals surface area contributed by atoms with Crippen LogP contribution in [0.3, 0.4) is 0 Å². The molecular formula is C9H5F3O2. The molecule has 0 saturated heterocycles. The molecule has 14 heavy (non-hydrogen) atoms. The molecule has 0 aliphatic rings. The normalized spacial score (nSPS) is 11.1. The van der Waals surface area contributed by atoms with Crippen molar-refractivity contribution < 1.29 is 22.3 Å². The highest BCUT2D eigenvalue weighted by atomic mass is 19.3. The van der Waals surface area contributed by atoms with Crippen molar-refractivity contribution in [1.29, 1.82) is 0 Å². The molecule has 0 N–H and O–H groups in total. The fraction of sp³-hybridized carbons (Fsp3) is 0.111. The van der Waals surface area contributed by atoms with E-state index < -0.39 is 18.2 Å². The number of alkyl halides is 2. The number of rotatable bonds is 2. The Morgan fingerprint density at radius 2 is 2.07 bits per heavy atom. The molecule has 2 aromatic rings. The zero-order valence-corrected chi connectivity index (χ0v) is 6.84. The van der Waals surface area contributed by atoms with Crippen LogP contribution in [0.25, 0.3) is 11.0 Å². The van der Waals surface area contributed by atoms with Crippen LogP contribution in [0.1, 0.15) is 0 Å². The molecule has 0 fully saturated rings. The van der Waals surface area contributed by atoms with Gasteiger partial charge < -0.3 is 9.15 Å². The van der Waals surface area contributed by atoms with Gasteiger partial charge in [0.2, 0.25) is 0 Å². The summed E-state index contributed by atoms with van der Waals surface area (Å²) in [6.07, 6.45) is 1.34. The summed E-state index contributed by atoms with van der Waals surface area (Å²) in [5.74, 6) is -1.35. The first-order valence-corrected chi connectivity index (χ1v) is 3.78. The van der Waals surface area contributed by atoms with E-state index in [4.69, 9.17) is 4.42 Å². The maximum Gasteiger partial charge on any atom is 0.387 e. The Morgan fingerprint density at radius 3 is 2.79 bits per heavy atom. The lowest BCUT2D eigenvalue weighted by atomic mass is 10.2. The second-order valence-corrected chi connectivity index (χ2v) is 2.62. The highest BCUT2D eigenvalue weighted by Gasteiger charge is 2.12. The number of hydrogen-bond donors (Lipinski definition) is 0. The van der Waals surface area contributed by atoms with E-state index >= 15 is 0 Å². The van der Waals surface area contributed by atoms with Gasteiger partial charge in [-0.2, -0.15) is 8.78 Å². The predicted octanol–water partition coefficient (Wildman–Crippen LogP) is 3.17. The summed E-state index contributed by atoms with van der Waals surface area (Å²) in [4.78, 5) is 0. The molecule has 1 aromatic heterocycles. The molecule has 0 radical (unpaired) electrons. The van der Waals surface area contributed by atoms with Crippen LogP contribution in [0.15, 0.2) is 28.9 Å². The summed E-state index contributed by atoms with van der Waals surface area (Å²) >= 11 is 0. The third-order valence-electron chi connectivity index (χ3n) is 1.72. The monoisotopic (exact) mass is 202 g/mol. The van der Waals surface area contributed by atoms with E-state index in [1.54, 1.807) is 0 Å². The van der Waals surface area contributed by atoms with E-state index in [1.165, 1.54) is 12.3 Å². The molecule has 0 aliphatic carbocycles. The van der Waals surface area contributed by atoms with Crippen molar-refractivity contribution >= 4 is 11.0 Å². The topological polar surface area (TPSA) is 22.4 Å². The molecule has 0 aliphatic heterocycles. The lowest BCUT2D eigenvalue weighted by Gasteiger charge is -2.04. The highest BCUT2D eigenvalue weighted by molar-refractivity contribution is 5.78. The summed E-state index contributed by atoms with van der Waals surface area (Å²) in [7, 11) is 0. The molecule has 0 bridgehead atoms. The van der Waals surface area contributed by atoms with Crippen LogP contribution in [-0.2, 0) is 0 Å². The fourth-order valence-corrected chi connectivity index (χ4v) is 1.15. The van der Waals surface area contributed by atoms with E-state index in [9.17, 15) is 13.2 Å². The maximum atomic E-state index is 13.1. The van der Waals surface area contributed by atoms with Crippen LogP contribution in [-0.4, -0.2) is 6.61 Å². The van der Waals surface area contributed by atoms with Gasteiger partial charge in [-0.1, -0.05) is 0 Å². The largest absolute Gasteiger partial charge is 0.464 e. The van der Waals surface area contributed by atoms with Crippen molar-refractivity contribution in [2.45, 2.75) is 6.61 Å². The molecule has 5 heteroatoms. The Bertz CT molecular complexity index is 450. The van der Waals surface area contributed by atoms with Gasteiger partial charge in [-0.05, 0) is 12.1 Å². The number of furan rings is 1. The zero-order chi connectivity index (χ0) is 10.1. The van der Waals surface area contributed by atoms with E-state index in [0.29, 0.717) is 11.0 Å². The Hall–Kier alpha value is -1.65. The number of ether oxygens (including phenoxy) is 1. The Morgan fingerprint density at radius 1 is 1.29 bits per heavy atom. The standard InChI is InChI=1S/C9H5F3O2/c10-6-3-5-1-2-13-7(5)4-8(6)14-9(11)12/h1-4,9H. The van der Waals surface area contributed by atoms with Crippen molar-refractivity contribution in [3.63, 3.8) is 0 Å². The zero-order valence-electron chi connectivity index (χ0n) is 6.84. The van der Waals surface area contributed by atoms with Gasteiger partial charge in [-0.15, -0.1) is 0 Å². The average molecular weight is 202 g/mol. The highest BCUT2D eigenvalue weighted by Crippen LogP contribution is 2.26. The minimum Gasteiger partial charge on any atom is -0.464 e. The summed E-state index contributed by atoms with van der Waals surface area (Å²) in [5.41, 5.74) is 0.307. The van der Waals surface area contributed by atoms with Crippen molar-refractivity contribution in [3.05, 3.63) is 30.3 Å². The summed E-state index contributed by atoms with van der Waals surface area (Å²) in [6.45, 7) is -3.04. The third-order valence-corrected chi connectivity index (χ3v) is 1.72. The SMILES string of the molecule is Fc1cc2ccoc2cc1OC(F)F. The van der Waals surface area contributed by atoms with Crippen LogP contribution in [0.2, 0.25) is 0 Å². The van der Waals surface area contributed by atoms with Gasteiger partial charge in [-0.3, -0.25) is 0 Å². The van der Waals surface area contributed by atoms with E-state index in [-0.39, 0.29) is 0 Å². The second kappa shape index (κ2) is 3.25. The van der Waals surface area contributed by atoms with Gasteiger partial charge in [0, 0.05) is 11.5 Å². The van der Waals surface area contributed by atoms with Crippen molar-refractivity contribution in [3.8, 4) is 5.75 Å². The minimum atomic E-state index is -3.04. The van der Waals surface area contributed by atoms with Crippen molar-refractivity contribution in [1.82, 2.24) is 0 Å². The Kier molecular flexibility index (Phi) is 2.07. The van der Waals surface area contributed by atoms with E-state index in [0.717, 1.165) is 12.1 Å². The van der Waals surface area contributed by atoms with Crippen molar-refractivity contribution in [2.75, 3.05) is 0 Å². The molecule has 1 heterocycles. The molecule has 0 unspecified atom stereocenters. The van der Waals surface area contributed by atoms with Gasteiger partial charge in [0.15, 0.2) is 11.6 Å². The molecule has 74 valence electrons. The van der Waals surface area contributed by atoms with Crippen molar-refractivity contribution in [2.24, 2.45) is 0 Å². The average Bonchev–Trinajstić information content (AvgIpc) is 2.51. The lowest BCUT2D eigenvalue weighted by molar-refractivity contribution is -0.0521. The van der Waals surface area contributed by atoms with Gasteiger partial charge in [0.25, 0.3) is 0 Å². The summed E-state index contributed by atoms with van der Waals surface area (Å²) < 4.78 is 45.5. The van der Waals surface area contributed by atoms with Gasteiger partial charge >= 0.3 is 6.61 Å². The Balaban J connectivity index is 2.48. The molecular weight excluding hydrogens is 197 g/mol. The quantitative estimate of drug-likeness (QED) is 0.746. The van der Waals surface area contributed by atoms with Crippen LogP contribution in [0.5, 0.6) is 5.75 Å². The van der Waals surface area contributed by atoms with Crippen LogP contribution in [0, 0.1) is 5.82 Å². The molecule has 0 spiro atoms. The first-order chi connectivity index (χ1) is 6.66. The number of halogens is 3. The molecule has 0 amide bonds. The van der Waals surface area contributed by atoms with Gasteiger partial charge in [-0.25, -0.2) is 4.39 Å². The lowest BCUT2D eigenvalue weighted by Crippen LogP contribution is -2.03. The smallest absolute Gasteiger partial charge is 0.387 e. The van der Waals surface area contributed by atoms with Crippen LogP contribution >= 0.6 is 0 Å². The molecule has 0 saturated carbocycles.